The summed E-state index contributed by atoms with van der Waals surface area (Å²) in [6.45, 7) is 5.97. The van der Waals surface area contributed by atoms with Crippen molar-refractivity contribution in [1.29, 1.82) is 0 Å². The molecule has 0 aliphatic carbocycles. The van der Waals surface area contributed by atoms with E-state index in [1.54, 1.807) is 0 Å². The van der Waals surface area contributed by atoms with E-state index in [4.69, 9.17) is 19.1 Å². The molecule has 2 fully saturated rings. The minimum absolute atomic E-state index is 0.693. The molecule has 0 bridgehead atoms. The van der Waals surface area contributed by atoms with Gasteiger partial charge in [-0.15, -0.1) is 0 Å². The molecule has 0 amide bonds. The molecule has 2 saturated heterocycles. The number of ether oxygens (including phenoxy) is 2. The minimum atomic E-state index is 0.693. The van der Waals surface area contributed by atoms with Gasteiger partial charge in [0.15, 0.2) is 0 Å². The van der Waals surface area contributed by atoms with E-state index in [1.807, 2.05) is 30.3 Å². The molecule has 0 spiro atoms. The van der Waals surface area contributed by atoms with E-state index in [9.17, 15) is 0 Å². The summed E-state index contributed by atoms with van der Waals surface area (Å²) in [7, 11) is 0. The second-order valence-corrected chi connectivity index (χ2v) is 8.49. The summed E-state index contributed by atoms with van der Waals surface area (Å²) in [6, 6.07) is 31.0. The van der Waals surface area contributed by atoms with Crippen LogP contribution in [0.25, 0.3) is 0 Å². The van der Waals surface area contributed by atoms with Crippen LogP contribution in [0.1, 0.15) is 16.7 Å². The van der Waals surface area contributed by atoms with Gasteiger partial charge in [0.2, 0.25) is 5.84 Å². The van der Waals surface area contributed by atoms with Crippen LogP contribution in [0, 0.1) is 0 Å². The maximum absolute atomic E-state index is 5.63. The minimum Gasteiger partial charge on any atom is -0.378 e. The van der Waals surface area contributed by atoms with E-state index in [0.717, 1.165) is 54.5 Å². The maximum Gasteiger partial charge on any atom is 0.358 e. The molecule has 0 saturated carbocycles. The second kappa shape index (κ2) is 11.6. The van der Waals surface area contributed by atoms with Crippen LogP contribution < -0.4 is 4.67 Å². The highest BCUT2D eigenvalue weighted by Gasteiger charge is 2.26. The molecule has 35 heavy (non-hydrogen) atoms. The number of hydrogen-bond donors (Lipinski definition) is 0. The highest BCUT2D eigenvalue weighted by atomic mass is 16.5. The van der Waals surface area contributed by atoms with Gasteiger partial charge in [0.25, 0.3) is 0 Å². The first-order chi connectivity index (χ1) is 17.4. The predicted octanol–water partition coefficient (Wildman–Crippen LogP) is 3.06. The maximum atomic E-state index is 5.63. The van der Waals surface area contributed by atoms with Gasteiger partial charge >= 0.3 is 11.7 Å². The lowest BCUT2D eigenvalue weighted by molar-refractivity contribution is 0.0682. The molecule has 3 aromatic rings. The third kappa shape index (κ3) is 5.87. The fourth-order valence-corrected chi connectivity index (χ4v) is 4.30. The van der Waals surface area contributed by atoms with Gasteiger partial charge in [0.05, 0.1) is 50.6 Å². The molecule has 3 aromatic carbocycles. The summed E-state index contributed by atoms with van der Waals surface area (Å²) in [5.41, 5.74) is 3.13. The van der Waals surface area contributed by atoms with Crippen LogP contribution in [0.15, 0.2) is 96.0 Å². The Morgan fingerprint density at radius 3 is 1.57 bits per heavy atom. The van der Waals surface area contributed by atoms with E-state index in [2.05, 4.69) is 70.5 Å². The van der Waals surface area contributed by atoms with Crippen LogP contribution in [0.4, 0.5) is 0 Å². The van der Waals surface area contributed by atoms with Crippen molar-refractivity contribution in [3.8, 4) is 0 Å². The van der Waals surface area contributed by atoms with Gasteiger partial charge in [-0.3, -0.25) is 4.90 Å². The number of nitrogens with zero attached hydrogens (tertiary/aromatic N) is 4. The van der Waals surface area contributed by atoms with E-state index in [-0.39, 0.29) is 0 Å². The summed E-state index contributed by atoms with van der Waals surface area (Å²) < 4.78 is 16.5. The van der Waals surface area contributed by atoms with Crippen molar-refractivity contribution >= 4 is 17.5 Å². The summed E-state index contributed by atoms with van der Waals surface area (Å²) in [5.74, 6) is 2.54. The van der Waals surface area contributed by atoms with Gasteiger partial charge in [-0.1, -0.05) is 59.6 Å². The first kappa shape index (κ1) is 23.1. The molecule has 0 N–H and O–H groups in total. The van der Waals surface area contributed by atoms with Gasteiger partial charge in [0, 0.05) is 18.7 Å². The van der Waals surface area contributed by atoms with Crippen molar-refractivity contribution in [2.24, 2.45) is 4.99 Å². The zero-order valence-corrected chi connectivity index (χ0v) is 19.9. The van der Waals surface area contributed by atoms with Gasteiger partial charge < -0.3 is 14.4 Å². The summed E-state index contributed by atoms with van der Waals surface area (Å²) in [5, 5.41) is 0. The Hall–Kier alpha value is -3.70. The molecular formula is C29H31N4O2+. The number of morpholine rings is 2. The van der Waals surface area contributed by atoms with Crippen LogP contribution in [0.2, 0.25) is 0 Å². The monoisotopic (exact) mass is 467 g/mol. The lowest BCUT2D eigenvalue weighted by Gasteiger charge is -2.28. The molecular weight excluding hydrogens is 436 g/mol. The average molecular weight is 468 g/mol. The van der Waals surface area contributed by atoms with Crippen LogP contribution in [0.3, 0.4) is 0 Å². The van der Waals surface area contributed by atoms with Crippen molar-refractivity contribution in [2.75, 3.05) is 52.6 Å². The molecule has 6 nitrogen and oxygen atoms in total. The van der Waals surface area contributed by atoms with Gasteiger partial charge in [-0.25, -0.2) is 4.67 Å². The third-order valence-corrected chi connectivity index (χ3v) is 6.14. The van der Waals surface area contributed by atoms with Crippen molar-refractivity contribution in [3.05, 3.63) is 108 Å². The molecule has 0 unspecified atom stereocenters. The SMILES string of the molecule is c1ccc(C(=NC(=[N+]=C(c2ccccc2)N2CCOCC2)c2ccccc2)N2CCOCC2)cc1. The molecule has 178 valence electrons. The van der Waals surface area contributed by atoms with E-state index < -0.39 is 0 Å². The van der Waals surface area contributed by atoms with Gasteiger partial charge in [-0.2, -0.15) is 0 Å². The quantitative estimate of drug-likeness (QED) is 0.338. The fourth-order valence-electron chi connectivity index (χ4n) is 4.30. The van der Waals surface area contributed by atoms with E-state index in [0.29, 0.717) is 32.3 Å². The molecule has 6 heteroatoms. The van der Waals surface area contributed by atoms with Crippen molar-refractivity contribution in [1.82, 2.24) is 14.5 Å². The summed E-state index contributed by atoms with van der Waals surface area (Å²) in [4.78, 5) is 9.86. The topological polar surface area (TPSA) is 51.4 Å². The number of hydrogen-bond acceptors (Lipinski definition) is 2. The Balaban J connectivity index is 1.72. The Bertz CT molecular complexity index is 1180. The lowest BCUT2D eigenvalue weighted by Crippen LogP contribution is -2.43. The number of amidine groups is 3. The lowest BCUT2D eigenvalue weighted by atomic mass is 10.1. The predicted molar refractivity (Wildman–Crippen MR) is 141 cm³/mol. The van der Waals surface area contributed by atoms with Crippen LogP contribution >= 0.6 is 0 Å². The van der Waals surface area contributed by atoms with Crippen LogP contribution in [-0.2, 0) is 9.47 Å². The molecule has 0 radical (unpaired) electrons. The Morgan fingerprint density at radius 1 is 0.571 bits per heavy atom. The highest BCUT2D eigenvalue weighted by Crippen LogP contribution is 2.12. The molecule has 5 rings (SSSR count). The molecule has 0 aromatic heterocycles. The summed E-state index contributed by atoms with van der Waals surface area (Å²) >= 11 is 0. The average Bonchev–Trinajstić information content (AvgIpc) is 2.95. The Kier molecular flexibility index (Phi) is 7.66. The number of rotatable bonds is 3. The smallest absolute Gasteiger partial charge is 0.358 e. The normalized spacial score (nSPS) is 16.5. The van der Waals surface area contributed by atoms with E-state index >= 15 is 0 Å². The largest absolute Gasteiger partial charge is 0.378 e. The van der Waals surface area contributed by atoms with E-state index in [1.165, 1.54) is 0 Å². The zero-order chi connectivity index (χ0) is 23.7. The number of benzene rings is 3. The summed E-state index contributed by atoms with van der Waals surface area (Å²) in [6.07, 6.45) is 0. The third-order valence-electron chi connectivity index (χ3n) is 6.14. The first-order valence-corrected chi connectivity index (χ1v) is 12.2. The molecule has 2 heterocycles. The first-order valence-electron chi connectivity index (χ1n) is 12.2. The standard InChI is InChI=1S/C29H31N4O2/c1-4-10-24(11-5-1)27(30-28(25-12-6-2-7-13-25)32-16-20-34-21-17-32)31-29(26-14-8-3-9-15-26)33-18-22-35-23-19-33/h1-15H,16-23H2/q+1. The van der Waals surface area contributed by atoms with Crippen LogP contribution in [0.5, 0.6) is 0 Å². The zero-order valence-electron chi connectivity index (χ0n) is 19.9. The van der Waals surface area contributed by atoms with Crippen molar-refractivity contribution in [2.45, 2.75) is 0 Å². The van der Waals surface area contributed by atoms with Gasteiger partial charge in [0.1, 0.15) is 0 Å². The number of aliphatic imine (C=N–C) groups is 1. The van der Waals surface area contributed by atoms with Crippen molar-refractivity contribution < 1.29 is 9.47 Å². The highest BCUT2D eigenvalue weighted by molar-refractivity contribution is 6.13. The molecule has 2 aliphatic rings. The molecule has 2 aliphatic heterocycles. The Morgan fingerprint density at radius 2 is 1.03 bits per heavy atom. The molecule has 0 atom stereocenters. The fraction of sp³-hybridized carbons (Fsp3) is 0.276. The van der Waals surface area contributed by atoms with Gasteiger partial charge in [-0.05, 0) is 36.4 Å². The second-order valence-electron chi connectivity index (χ2n) is 8.49. The van der Waals surface area contributed by atoms with Crippen LogP contribution in [-0.4, -0.2) is 79.9 Å². The Labute approximate surface area is 206 Å². The van der Waals surface area contributed by atoms with Crippen molar-refractivity contribution in [3.63, 3.8) is 0 Å².